The number of hydrogen-bond acceptors (Lipinski definition) is 5. The van der Waals surface area contributed by atoms with E-state index in [2.05, 4.69) is 10.3 Å². The first kappa shape index (κ1) is 15.1. The van der Waals surface area contributed by atoms with Gasteiger partial charge in [-0.2, -0.15) is 0 Å². The van der Waals surface area contributed by atoms with Crippen LogP contribution in [-0.2, 0) is 0 Å². The quantitative estimate of drug-likeness (QED) is 0.648. The van der Waals surface area contributed by atoms with Gasteiger partial charge in [0.2, 0.25) is 0 Å². The molecule has 0 aliphatic heterocycles. The molecule has 0 unspecified atom stereocenters. The van der Waals surface area contributed by atoms with Gasteiger partial charge in [-0.05, 0) is 24.3 Å². The van der Waals surface area contributed by atoms with Gasteiger partial charge in [0.05, 0.1) is 13.1 Å². The van der Waals surface area contributed by atoms with Crippen molar-refractivity contribution in [1.29, 1.82) is 0 Å². The van der Waals surface area contributed by atoms with Crippen LogP contribution in [0, 0.1) is 0 Å². The second-order valence-electron chi connectivity index (χ2n) is 3.60. The number of pyridine rings is 1. The monoisotopic (exact) mass is 250 g/mol. The van der Waals surface area contributed by atoms with E-state index in [9.17, 15) is 9.90 Å². The van der Waals surface area contributed by atoms with Gasteiger partial charge in [-0.1, -0.05) is 0 Å². The van der Waals surface area contributed by atoms with E-state index in [1.165, 1.54) is 19.2 Å². The minimum Gasteiger partial charge on any atom is -0.545 e. The van der Waals surface area contributed by atoms with Crippen molar-refractivity contribution in [3.8, 4) is 5.75 Å². The predicted molar refractivity (Wildman–Crippen MR) is 64.8 cm³/mol. The van der Waals surface area contributed by atoms with Crippen LogP contribution in [0.3, 0.4) is 0 Å². The van der Waals surface area contributed by atoms with Gasteiger partial charge in [0.1, 0.15) is 5.75 Å². The van der Waals surface area contributed by atoms with Crippen LogP contribution in [0.1, 0.15) is 10.4 Å². The third-order valence-corrected chi connectivity index (χ3v) is 2.35. The number of ether oxygens (including phenoxy) is 1. The van der Waals surface area contributed by atoms with Gasteiger partial charge in [-0.3, -0.25) is 4.98 Å². The maximum absolute atomic E-state index is 10.9. The maximum Gasteiger partial charge on any atom is 1.00 e. The summed E-state index contributed by atoms with van der Waals surface area (Å²) in [5, 5.41) is 13.9. The number of carbonyl (C=O) groups excluding carboxylic acids is 1. The van der Waals surface area contributed by atoms with E-state index in [-0.39, 0.29) is 24.4 Å². The molecule has 0 bridgehead atoms. The Bertz CT molecular complexity index is 561. The predicted octanol–water partition coefficient (Wildman–Crippen LogP) is -1.80. The third kappa shape index (κ3) is 4.02. The second kappa shape index (κ2) is 6.83. The summed E-state index contributed by atoms with van der Waals surface area (Å²) in [4.78, 5) is 14.8. The van der Waals surface area contributed by atoms with Gasteiger partial charge in [-0.15, -0.1) is 0 Å². The topological polar surface area (TPSA) is 74.3 Å². The van der Waals surface area contributed by atoms with Crippen LogP contribution >= 0.6 is 0 Å². The molecule has 0 amide bonds. The summed E-state index contributed by atoms with van der Waals surface area (Å²) in [5.74, 6) is -0.792. The molecule has 1 aromatic heterocycles. The molecule has 2 aromatic rings. The van der Waals surface area contributed by atoms with Crippen LogP contribution in [0.5, 0.6) is 5.75 Å². The number of carbonyl (C=O) groups is 1. The molecule has 2 rings (SSSR count). The molecular formula is C13H11LiN2O3. The summed E-state index contributed by atoms with van der Waals surface area (Å²) in [6, 6.07) is 8.15. The summed E-state index contributed by atoms with van der Waals surface area (Å²) in [6.45, 7) is 0. The number of aromatic nitrogens is 1. The van der Waals surface area contributed by atoms with Gasteiger partial charge in [-0.25, -0.2) is 0 Å². The molecule has 5 nitrogen and oxygen atoms in total. The van der Waals surface area contributed by atoms with Crippen molar-refractivity contribution < 1.29 is 33.5 Å². The van der Waals surface area contributed by atoms with Crippen LogP contribution in [-0.4, -0.2) is 18.1 Å². The van der Waals surface area contributed by atoms with Crippen LogP contribution in [0.4, 0.5) is 11.4 Å². The van der Waals surface area contributed by atoms with E-state index in [0.717, 1.165) is 5.69 Å². The average molecular weight is 250 g/mol. The Morgan fingerprint density at radius 2 is 1.89 bits per heavy atom. The smallest absolute Gasteiger partial charge is 0.545 e. The maximum atomic E-state index is 10.9. The summed E-state index contributed by atoms with van der Waals surface area (Å²) >= 11 is 0. The molecule has 0 saturated heterocycles. The minimum atomic E-state index is -1.24. The SMILES string of the molecule is COc1cc(Nc2ccncc2)cc(C(=O)[O-])c1.[Li+]. The summed E-state index contributed by atoms with van der Waals surface area (Å²) in [6.07, 6.45) is 3.28. The zero-order chi connectivity index (χ0) is 13.0. The Kier molecular flexibility index (Phi) is 5.43. The zero-order valence-electron chi connectivity index (χ0n) is 10.7. The molecule has 0 atom stereocenters. The third-order valence-electron chi connectivity index (χ3n) is 2.35. The molecule has 92 valence electrons. The van der Waals surface area contributed by atoms with Gasteiger partial charge in [0.15, 0.2) is 0 Å². The molecule has 0 saturated carbocycles. The number of nitrogens with zero attached hydrogens (tertiary/aromatic N) is 1. The van der Waals surface area contributed by atoms with Crippen molar-refractivity contribution in [2.24, 2.45) is 0 Å². The molecule has 0 aliphatic carbocycles. The number of aromatic carboxylic acids is 1. The Morgan fingerprint density at radius 1 is 1.21 bits per heavy atom. The molecule has 1 heterocycles. The zero-order valence-corrected chi connectivity index (χ0v) is 10.7. The number of carboxylic acid groups (broad SMARTS) is 1. The van der Waals surface area contributed by atoms with E-state index in [1.54, 1.807) is 30.6 Å². The van der Waals surface area contributed by atoms with Crippen molar-refractivity contribution in [2.75, 3.05) is 12.4 Å². The number of hydrogen-bond donors (Lipinski definition) is 1. The van der Waals surface area contributed by atoms with Crippen molar-refractivity contribution in [1.82, 2.24) is 4.98 Å². The van der Waals surface area contributed by atoms with E-state index >= 15 is 0 Å². The van der Waals surface area contributed by atoms with Crippen LogP contribution in [0.25, 0.3) is 0 Å². The molecule has 6 heteroatoms. The van der Waals surface area contributed by atoms with E-state index < -0.39 is 5.97 Å². The first-order chi connectivity index (χ1) is 8.69. The summed E-state index contributed by atoms with van der Waals surface area (Å²) in [5.41, 5.74) is 1.48. The van der Waals surface area contributed by atoms with E-state index in [0.29, 0.717) is 11.4 Å². The van der Waals surface area contributed by atoms with Crippen molar-refractivity contribution in [3.63, 3.8) is 0 Å². The number of rotatable bonds is 4. The number of carboxylic acids is 1. The number of nitrogens with one attached hydrogen (secondary N) is 1. The molecule has 1 N–H and O–H groups in total. The van der Waals surface area contributed by atoms with Crippen LogP contribution in [0.2, 0.25) is 0 Å². The normalized spacial score (nSPS) is 9.32. The minimum absolute atomic E-state index is 0. The summed E-state index contributed by atoms with van der Waals surface area (Å²) in [7, 11) is 1.48. The van der Waals surface area contributed by atoms with Crippen LogP contribution < -0.4 is 34.0 Å². The van der Waals surface area contributed by atoms with Crippen molar-refractivity contribution >= 4 is 17.3 Å². The summed E-state index contributed by atoms with van der Waals surface area (Å²) < 4.78 is 5.04. The molecule has 0 spiro atoms. The molecular weight excluding hydrogens is 239 g/mol. The standard InChI is InChI=1S/C13H12N2O3.Li/c1-18-12-7-9(13(16)17)6-11(8-12)15-10-2-4-14-5-3-10;/h2-8H,1H3,(H,14,15)(H,16,17);/q;+1/p-1. The van der Waals surface area contributed by atoms with E-state index in [1.807, 2.05) is 0 Å². The number of methoxy groups -OCH3 is 1. The molecule has 0 fully saturated rings. The van der Waals surface area contributed by atoms with Gasteiger partial charge in [0, 0.05) is 35.4 Å². The van der Waals surface area contributed by atoms with E-state index in [4.69, 9.17) is 4.74 Å². The first-order valence-electron chi connectivity index (χ1n) is 5.26. The largest absolute Gasteiger partial charge is 1.00 e. The van der Waals surface area contributed by atoms with Gasteiger partial charge in [0.25, 0.3) is 0 Å². The fraction of sp³-hybridized carbons (Fsp3) is 0.0769. The molecule has 0 aliphatic rings. The average Bonchev–Trinajstić information content (AvgIpc) is 2.39. The molecule has 19 heavy (non-hydrogen) atoms. The number of benzene rings is 1. The fourth-order valence-electron chi connectivity index (χ4n) is 1.51. The van der Waals surface area contributed by atoms with Gasteiger partial charge >= 0.3 is 18.9 Å². The fourth-order valence-corrected chi connectivity index (χ4v) is 1.51. The molecule has 1 aromatic carbocycles. The van der Waals surface area contributed by atoms with Crippen molar-refractivity contribution in [3.05, 3.63) is 48.3 Å². The van der Waals surface area contributed by atoms with Gasteiger partial charge < -0.3 is 20.0 Å². The number of anilines is 2. The van der Waals surface area contributed by atoms with Crippen molar-refractivity contribution in [2.45, 2.75) is 0 Å². The Balaban J connectivity index is 0.00000180. The Hall–Kier alpha value is -1.96. The second-order valence-corrected chi connectivity index (χ2v) is 3.60. The Labute approximate surface area is 122 Å². The first-order valence-corrected chi connectivity index (χ1v) is 5.26. The Morgan fingerprint density at radius 3 is 2.47 bits per heavy atom. The molecule has 0 radical (unpaired) electrons. The van der Waals surface area contributed by atoms with Crippen LogP contribution in [0.15, 0.2) is 42.7 Å².